The topological polar surface area (TPSA) is 21.3 Å². The van der Waals surface area contributed by atoms with Gasteiger partial charge in [-0.15, -0.1) is 0 Å². The van der Waals surface area contributed by atoms with Crippen molar-refractivity contribution in [3.8, 4) is 0 Å². The van der Waals surface area contributed by atoms with Gasteiger partial charge < -0.3 is 10.1 Å². The van der Waals surface area contributed by atoms with Crippen LogP contribution in [-0.4, -0.2) is 19.2 Å². The van der Waals surface area contributed by atoms with E-state index in [4.69, 9.17) is 16.3 Å². The normalized spacial score (nSPS) is 19.5. The van der Waals surface area contributed by atoms with Gasteiger partial charge in [0.1, 0.15) is 12.4 Å². The second-order valence-electron chi connectivity index (χ2n) is 4.52. The van der Waals surface area contributed by atoms with Crippen LogP contribution < -0.4 is 5.32 Å². The molecule has 0 radical (unpaired) electrons. The molecule has 19 heavy (non-hydrogen) atoms. The van der Waals surface area contributed by atoms with Crippen molar-refractivity contribution in [3.63, 3.8) is 0 Å². The van der Waals surface area contributed by atoms with Crippen LogP contribution in [0.5, 0.6) is 0 Å². The Hall–Kier alpha value is -1.51. The highest BCUT2D eigenvalue weighted by Gasteiger charge is 2.16. The zero-order valence-corrected chi connectivity index (χ0v) is 11.6. The molecular weight excluding hydrogens is 258 g/mol. The molecule has 2 nitrogen and oxygen atoms in total. The maximum atomic E-state index is 5.89. The number of halogens is 1. The number of nitrogens with one attached hydrogen (secondary N) is 1. The maximum Gasteiger partial charge on any atom is 0.123 e. The molecule has 2 rings (SSSR count). The lowest BCUT2D eigenvalue weighted by atomic mass is 10.1. The van der Waals surface area contributed by atoms with Crippen LogP contribution in [0.15, 0.2) is 60.9 Å². The predicted molar refractivity (Wildman–Crippen MR) is 80.3 cm³/mol. The summed E-state index contributed by atoms with van der Waals surface area (Å²) in [5, 5.41) is 4.24. The zero-order chi connectivity index (χ0) is 13.7. The molecule has 0 spiro atoms. The molecule has 3 heteroatoms. The zero-order valence-electron chi connectivity index (χ0n) is 10.9. The van der Waals surface area contributed by atoms with Crippen molar-refractivity contribution in [2.75, 3.05) is 13.2 Å². The van der Waals surface area contributed by atoms with Crippen LogP contribution in [0.2, 0.25) is 5.02 Å². The minimum atomic E-state index is 0.272. The lowest BCUT2D eigenvalue weighted by molar-refractivity contribution is 0.198. The average molecular weight is 276 g/mol. The number of ether oxygens (including phenoxy) is 1. The molecule has 1 N–H and O–H groups in total. The first kappa shape index (κ1) is 13.9. The summed E-state index contributed by atoms with van der Waals surface area (Å²) < 4.78 is 5.77. The summed E-state index contributed by atoms with van der Waals surface area (Å²) in [6.07, 6.45) is 4.46. The SMILES string of the molecule is C=CC1=C(C=C)OC[C@H](Cc2ccc(Cl)cc2)NC1. The monoisotopic (exact) mass is 275 g/mol. The van der Waals surface area contributed by atoms with E-state index >= 15 is 0 Å². The summed E-state index contributed by atoms with van der Waals surface area (Å²) in [5.74, 6) is 0.820. The van der Waals surface area contributed by atoms with E-state index in [1.165, 1.54) is 5.56 Å². The van der Waals surface area contributed by atoms with Gasteiger partial charge in [0.05, 0.1) is 0 Å². The fourth-order valence-corrected chi connectivity index (χ4v) is 2.21. The first-order valence-electron chi connectivity index (χ1n) is 6.31. The van der Waals surface area contributed by atoms with Crippen LogP contribution in [0.4, 0.5) is 0 Å². The Morgan fingerprint density at radius 2 is 2.00 bits per heavy atom. The molecule has 1 aliphatic rings. The van der Waals surface area contributed by atoms with Gasteiger partial charge in [-0.05, 0) is 30.2 Å². The highest BCUT2D eigenvalue weighted by atomic mass is 35.5. The number of rotatable bonds is 4. The summed E-state index contributed by atoms with van der Waals surface area (Å²) in [6.45, 7) is 8.95. The van der Waals surface area contributed by atoms with Gasteiger partial charge in [-0.2, -0.15) is 0 Å². The van der Waals surface area contributed by atoms with E-state index in [2.05, 4.69) is 18.5 Å². The van der Waals surface area contributed by atoms with Gasteiger partial charge in [0.25, 0.3) is 0 Å². The van der Waals surface area contributed by atoms with Crippen LogP contribution >= 0.6 is 11.6 Å². The van der Waals surface area contributed by atoms with Gasteiger partial charge in [0, 0.05) is 23.2 Å². The van der Waals surface area contributed by atoms with Crippen molar-refractivity contribution in [1.29, 1.82) is 0 Å². The summed E-state index contributed by atoms with van der Waals surface area (Å²) >= 11 is 5.89. The Kier molecular flexibility index (Phi) is 4.83. The number of allylic oxidation sites excluding steroid dienone is 1. The molecule has 0 unspecified atom stereocenters. The lowest BCUT2D eigenvalue weighted by Gasteiger charge is -2.16. The number of hydrogen-bond donors (Lipinski definition) is 1. The molecule has 1 aromatic carbocycles. The fraction of sp³-hybridized carbons (Fsp3) is 0.250. The fourth-order valence-electron chi connectivity index (χ4n) is 2.08. The van der Waals surface area contributed by atoms with Gasteiger partial charge in [-0.1, -0.05) is 43.0 Å². The first-order valence-corrected chi connectivity index (χ1v) is 6.69. The molecule has 1 heterocycles. The maximum absolute atomic E-state index is 5.89. The molecule has 1 atom stereocenters. The summed E-state index contributed by atoms with van der Waals surface area (Å²) in [4.78, 5) is 0. The Bertz CT molecular complexity index is 468. The quantitative estimate of drug-likeness (QED) is 0.908. The van der Waals surface area contributed by atoms with E-state index in [1.807, 2.05) is 30.3 Å². The van der Waals surface area contributed by atoms with Crippen LogP contribution in [0.3, 0.4) is 0 Å². The van der Waals surface area contributed by atoms with Crippen LogP contribution in [0.25, 0.3) is 0 Å². The third kappa shape index (κ3) is 3.72. The first-order chi connectivity index (χ1) is 9.22. The smallest absolute Gasteiger partial charge is 0.123 e. The Morgan fingerprint density at radius 3 is 2.63 bits per heavy atom. The van der Waals surface area contributed by atoms with Gasteiger partial charge in [0.2, 0.25) is 0 Å². The van der Waals surface area contributed by atoms with E-state index in [0.29, 0.717) is 6.61 Å². The Balaban J connectivity index is 2.00. The number of benzene rings is 1. The molecular formula is C16H18ClNO. The summed E-state index contributed by atoms with van der Waals surface area (Å²) in [6, 6.07) is 8.19. The largest absolute Gasteiger partial charge is 0.492 e. The molecule has 1 aromatic rings. The third-order valence-electron chi connectivity index (χ3n) is 3.16. The summed E-state index contributed by atoms with van der Waals surface area (Å²) in [7, 11) is 0. The molecule has 0 aliphatic carbocycles. The molecule has 100 valence electrons. The molecule has 0 amide bonds. The Labute approximate surface area is 119 Å². The second-order valence-corrected chi connectivity index (χ2v) is 4.95. The van der Waals surface area contributed by atoms with E-state index in [-0.39, 0.29) is 6.04 Å². The van der Waals surface area contributed by atoms with Crippen molar-refractivity contribution in [3.05, 3.63) is 71.5 Å². The standard InChI is InChI=1S/C16H18ClNO/c1-3-13-10-18-15(11-19-16(13)4-2)9-12-5-7-14(17)8-6-12/h3-8,15,18H,1-2,9-11H2/t15-/m0/s1. The van der Waals surface area contributed by atoms with Crippen LogP contribution in [0.1, 0.15) is 5.56 Å². The van der Waals surface area contributed by atoms with Crippen molar-refractivity contribution < 1.29 is 4.74 Å². The van der Waals surface area contributed by atoms with Crippen molar-refractivity contribution in [2.24, 2.45) is 0 Å². The van der Waals surface area contributed by atoms with Crippen molar-refractivity contribution in [1.82, 2.24) is 5.32 Å². The Morgan fingerprint density at radius 1 is 1.26 bits per heavy atom. The number of hydrogen-bond acceptors (Lipinski definition) is 2. The molecule has 0 bridgehead atoms. The van der Waals surface area contributed by atoms with Crippen LogP contribution in [-0.2, 0) is 11.2 Å². The van der Waals surface area contributed by atoms with Gasteiger partial charge in [0.15, 0.2) is 0 Å². The minimum Gasteiger partial charge on any atom is -0.492 e. The van der Waals surface area contributed by atoms with Crippen LogP contribution in [0, 0.1) is 0 Å². The molecule has 0 aromatic heterocycles. The highest BCUT2D eigenvalue weighted by molar-refractivity contribution is 6.30. The summed E-state index contributed by atoms with van der Waals surface area (Å²) in [5.41, 5.74) is 2.29. The molecule has 0 saturated carbocycles. The molecule has 1 aliphatic heterocycles. The van der Waals surface area contributed by atoms with Crippen molar-refractivity contribution in [2.45, 2.75) is 12.5 Å². The average Bonchev–Trinajstić information content (AvgIpc) is 2.63. The third-order valence-corrected chi connectivity index (χ3v) is 3.42. The lowest BCUT2D eigenvalue weighted by Crippen LogP contribution is -2.34. The van der Waals surface area contributed by atoms with E-state index in [1.54, 1.807) is 6.08 Å². The van der Waals surface area contributed by atoms with Gasteiger partial charge in [-0.3, -0.25) is 0 Å². The van der Waals surface area contributed by atoms with Gasteiger partial charge >= 0.3 is 0 Å². The second kappa shape index (κ2) is 6.60. The van der Waals surface area contributed by atoms with E-state index in [9.17, 15) is 0 Å². The van der Waals surface area contributed by atoms with E-state index in [0.717, 1.165) is 29.3 Å². The van der Waals surface area contributed by atoms with Gasteiger partial charge in [-0.25, -0.2) is 0 Å². The molecule has 0 fully saturated rings. The predicted octanol–water partition coefficient (Wildman–Crippen LogP) is 3.50. The van der Waals surface area contributed by atoms with E-state index < -0.39 is 0 Å². The minimum absolute atomic E-state index is 0.272. The highest BCUT2D eigenvalue weighted by Crippen LogP contribution is 2.16. The van der Waals surface area contributed by atoms with Crippen molar-refractivity contribution >= 4 is 11.6 Å². The molecule has 0 saturated heterocycles.